The molecule has 5 heterocycles. The van der Waals surface area contributed by atoms with Crippen molar-refractivity contribution in [2.45, 2.75) is 24.4 Å². The minimum absolute atomic E-state index is 0.0500. The lowest BCUT2D eigenvalue weighted by atomic mass is 10.0. The SMILES string of the molecule is C[n+]1ccc(CN2CCC(=CC3=C(C(=O)O)N4C(=O)[C@@H](NC(=O)/C(=N\O)c5csc(N)n5)[C@H]4SC3)C2=O)cc1. The second-order valence-electron chi connectivity index (χ2n) is 9.08. The van der Waals surface area contributed by atoms with Gasteiger partial charge in [-0.15, -0.1) is 23.1 Å². The first-order valence-corrected chi connectivity index (χ1v) is 13.7. The highest BCUT2D eigenvalue weighted by Gasteiger charge is 2.54. The molecule has 39 heavy (non-hydrogen) atoms. The number of fused-ring (bicyclic) bond motifs is 1. The maximum atomic E-state index is 13.0. The summed E-state index contributed by atoms with van der Waals surface area (Å²) >= 11 is 2.32. The fourth-order valence-corrected chi connectivity index (χ4v) is 6.45. The fourth-order valence-electron chi connectivity index (χ4n) is 4.59. The van der Waals surface area contributed by atoms with Crippen LogP contribution in [0.4, 0.5) is 5.13 Å². The van der Waals surface area contributed by atoms with Crippen molar-refractivity contribution in [3.05, 3.63) is 64.1 Å². The van der Waals surface area contributed by atoms with Crippen LogP contribution < -0.4 is 15.6 Å². The Kier molecular flexibility index (Phi) is 7.10. The van der Waals surface area contributed by atoms with Crippen molar-refractivity contribution in [2.75, 3.05) is 18.0 Å². The van der Waals surface area contributed by atoms with E-state index in [1.165, 1.54) is 17.1 Å². The average molecular weight is 571 g/mol. The third-order valence-corrected chi connectivity index (χ3v) is 8.53. The minimum Gasteiger partial charge on any atom is -0.477 e. The number of nitrogens with two attached hydrogens (primary N) is 1. The zero-order valence-corrected chi connectivity index (χ0v) is 22.2. The molecule has 5 rings (SSSR count). The molecule has 0 saturated carbocycles. The molecule has 0 bridgehead atoms. The van der Waals surface area contributed by atoms with E-state index in [1.807, 2.05) is 36.1 Å². The molecule has 13 nitrogen and oxygen atoms in total. The van der Waals surface area contributed by atoms with Crippen LogP contribution >= 0.6 is 23.1 Å². The van der Waals surface area contributed by atoms with Crippen molar-refractivity contribution < 1.29 is 34.1 Å². The van der Waals surface area contributed by atoms with Gasteiger partial charge in [-0.1, -0.05) is 5.16 Å². The number of aromatic nitrogens is 2. The highest BCUT2D eigenvalue weighted by atomic mass is 32.2. The maximum Gasteiger partial charge on any atom is 0.352 e. The zero-order valence-electron chi connectivity index (χ0n) is 20.6. The number of anilines is 1. The smallest absolute Gasteiger partial charge is 0.352 e. The summed E-state index contributed by atoms with van der Waals surface area (Å²) in [4.78, 5) is 57.7. The Labute approximate surface area is 230 Å². The molecule has 2 aromatic rings. The Hall–Kier alpha value is -4.24. The molecule has 15 heteroatoms. The molecule has 3 aliphatic rings. The first-order chi connectivity index (χ1) is 18.7. The number of β-lactam (4-membered cyclic amide) rings is 1. The van der Waals surface area contributed by atoms with Crippen LogP contribution in [0, 0.1) is 0 Å². The molecule has 0 unspecified atom stereocenters. The van der Waals surface area contributed by atoms with Crippen LogP contribution in [0.2, 0.25) is 0 Å². The summed E-state index contributed by atoms with van der Waals surface area (Å²) < 4.78 is 1.90. The number of oxime groups is 1. The van der Waals surface area contributed by atoms with Gasteiger partial charge in [0.05, 0.1) is 0 Å². The van der Waals surface area contributed by atoms with E-state index >= 15 is 0 Å². The number of carbonyl (C=O) groups excluding carboxylic acids is 3. The average Bonchev–Trinajstić information content (AvgIpc) is 3.49. The lowest BCUT2D eigenvalue weighted by molar-refractivity contribution is -0.671. The van der Waals surface area contributed by atoms with Gasteiger partial charge in [0.2, 0.25) is 5.91 Å². The first-order valence-electron chi connectivity index (χ1n) is 11.8. The Balaban J connectivity index is 1.31. The number of aryl methyl sites for hydroxylation is 1. The highest BCUT2D eigenvalue weighted by molar-refractivity contribution is 8.00. The number of amides is 3. The number of nitrogens with zero attached hydrogens (tertiary/aromatic N) is 5. The number of allylic oxidation sites excluding steroid dienone is 1. The Morgan fingerprint density at radius 1 is 1.33 bits per heavy atom. The molecule has 2 aromatic heterocycles. The molecular weight excluding hydrogens is 546 g/mol. The summed E-state index contributed by atoms with van der Waals surface area (Å²) in [7, 11) is 1.91. The molecule has 2 atom stereocenters. The Bertz CT molecular complexity index is 1470. The van der Waals surface area contributed by atoms with Gasteiger partial charge in [0.25, 0.3) is 11.8 Å². The van der Waals surface area contributed by atoms with Gasteiger partial charge in [-0.25, -0.2) is 14.3 Å². The molecule has 0 spiro atoms. The number of pyridine rings is 1. The van der Waals surface area contributed by atoms with Gasteiger partial charge in [0.1, 0.15) is 29.9 Å². The Morgan fingerprint density at radius 2 is 2.08 bits per heavy atom. The predicted molar refractivity (Wildman–Crippen MR) is 140 cm³/mol. The number of carboxylic acid groups (broad SMARTS) is 1. The van der Waals surface area contributed by atoms with Gasteiger partial charge in [-0.2, -0.15) is 0 Å². The number of nitrogens with one attached hydrogen (secondary N) is 1. The number of rotatable bonds is 7. The normalized spacial score (nSPS) is 22.3. The van der Waals surface area contributed by atoms with Gasteiger partial charge in [0, 0.05) is 41.9 Å². The molecule has 5 N–H and O–H groups in total. The van der Waals surface area contributed by atoms with Crippen molar-refractivity contribution in [3.63, 3.8) is 0 Å². The number of thiazole rings is 1. The standard InChI is InChI=1S/C24H23N7O6S2/c1-29-5-2-12(3-6-29)9-30-7-4-13(20(30)33)8-14-10-38-22-17(21(34)31(22)18(14)23(35)36)27-19(32)16(28-37)15-11-39-24(25)26-15/h2-3,5-6,8,11,17,22H,4,7,9-10H2,1H3,(H4-,25,26,27,32,35,36,37)/p+1/t17-,22-/m1/s1. The summed E-state index contributed by atoms with van der Waals surface area (Å²) in [5.74, 6) is -2.73. The number of carboxylic acids is 1. The topological polar surface area (TPSA) is 182 Å². The molecular formula is C24H24N7O6S2+. The van der Waals surface area contributed by atoms with Gasteiger partial charge < -0.3 is 26.3 Å². The molecule has 202 valence electrons. The number of thioether (sulfide) groups is 1. The molecule has 2 saturated heterocycles. The van der Waals surface area contributed by atoms with Gasteiger partial charge in [0.15, 0.2) is 23.2 Å². The van der Waals surface area contributed by atoms with Gasteiger partial charge in [-0.3, -0.25) is 19.3 Å². The van der Waals surface area contributed by atoms with E-state index in [1.54, 1.807) is 11.0 Å². The van der Waals surface area contributed by atoms with E-state index in [4.69, 9.17) is 5.73 Å². The number of likely N-dealkylation sites (tertiary alicyclic amines) is 1. The molecule has 0 radical (unpaired) electrons. The maximum absolute atomic E-state index is 13.0. The van der Waals surface area contributed by atoms with Crippen LogP contribution in [0.3, 0.4) is 0 Å². The van der Waals surface area contributed by atoms with Crippen molar-refractivity contribution >= 4 is 57.6 Å². The second kappa shape index (κ2) is 10.5. The van der Waals surface area contributed by atoms with Crippen LogP contribution in [0.25, 0.3) is 0 Å². The van der Waals surface area contributed by atoms with Crippen molar-refractivity contribution in [1.29, 1.82) is 0 Å². The van der Waals surface area contributed by atoms with Crippen molar-refractivity contribution in [1.82, 2.24) is 20.1 Å². The van der Waals surface area contributed by atoms with Crippen molar-refractivity contribution in [3.8, 4) is 0 Å². The third kappa shape index (κ3) is 4.97. The number of hydrogen-bond acceptors (Lipinski definition) is 10. The second-order valence-corrected chi connectivity index (χ2v) is 11.1. The van der Waals surface area contributed by atoms with E-state index in [-0.39, 0.29) is 28.2 Å². The first kappa shape index (κ1) is 26.4. The van der Waals surface area contributed by atoms with Gasteiger partial charge >= 0.3 is 5.97 Å². The Morgan fingerprint density at radius 3 is 2.72 bits per heavy atom. The summed E-state index contributed by atoms with van der Waals surface area (Å²) in [6.07, 6.45) is 5.83. The van der Waals surface area contributed by atoms with E-state index in [2.05, 4.69) is 15.5 Å². The quantitative estimate of drug-likeness (QED) is 0.0877. The number of carbonyl (C=O) groups is 4. The number of aliphatic carboxylic acids is 1. The molecule has 2 fully saturated rings. The van der Waals surface area contributed by atoms with Crippen LogP contribution in [-0.4, -0.2) is 78.2 Å². The monoisotopic (exact) mass is 570 g/mol. The lowest BCUT2D eigenvalue weighted by Crippen LogP contribution is -2.71. The van der Waals surface area contributed by atoms with E-state index in [0.717, 1.165) is 21.8 Å². The van der Waals surface area contributed by atoms with E-state index < -0.39 is 34.9 Å². The summed E-state index contributed by atoms with van der Waals surface area (Å²) in [6, 6.07) is 2.84. The summed E-state index contributed by atoms with van der Waals surface area (Å²) in [5.41, 5.74) is 6.81. The van der Waals surface area contributed by atoms with Crippen LogP contribution in [-0.2, 0) is 32.8 Å². The minimum atomic E-state index is -1.31. The molecule has 0 aromatic carbocycles. The molecule has 3 amide bonds. The van der Waals surface area contributed by atoms with E-state index in [9.17, 15) is 29.5 Å². The largest absolute Gasteiger partial charge is 0.477 e. The zero-order chi connectivity index (χ0) is 27.8. The van der Waals surface area contributed by atoms with Crippen molar-refractivity contribution in [2.24, 2.45) is 12.2 Å². The fraction of sp³-hybridized carbons (Fsp3) is 0.292. The summed E-state index contributed by atoms with van der Waals surface area (Å²) in [5, 5.41) is 25.7. The molecule has 0 aliphatic carbocycles. The van der Waals surface area contributed by atoms with Crippen LogP contribution in [0.1, 0.15) is 17.7 Å². The van der Waals surface area contributed by atoms with Crippen LogP contribution in [0.5, 0.6) is 0 Å². The predicted octanol–water partition coefficient (Wildman–Crippen LogP) is -0.174. The summed E-state index contributed by atoms with van der Waals surface area (Å²) in [6.45, 7) is 0.949. The third-order valence-electron chi connectivity index (χ3n) is 6.55. The molecule has 3 aliphatic heterocycles. The van der Waals surface area contributed by atoms with E-state index in [0.29, 0.717) is 30.7 Å². The van der Waals surface area contributed by atoms with Crippen LogP contribution in [0.15, 0.2) is 58.0 Å². The number of hydrogen-bond donors (Lipinski definition) is 4. The highest BCUT2D eigenvalue weighted by Crippen LogP contribution is 2.41. The lowest BCUT2D eigenvalue weighted by Gasteiger charge is -2.49. The van der Waals surface area contributed by atoms with Gasteiger partial charge in [-0.05, 0) is 23.6 Å². The number of nitrogen functional groups attached to an aromatic ring is 1.